The number of benzene rings is 1. The average molecular weight is 281 g/mol. The van der Waals surface area contributed by atoms with E-state index < -0.39 is 0 Å². The topological polar surface area (TPSA) is 53.1 Å². The molecule has 3 aromatic rings. The van der Waals surface area contributed by atoms with Crippen molar-refractivity contribution in [3.8, 4) is 23.0 Å². The molecule has 0 radical (unpaired) electrons. The van der Waals surface area contributed by atoms with Crippen LogP contribution in [-0.4, -0.2) is 20.8 Å². The summed E-state index contributed by atoms with van der Waals surface area (Å²) in [5.74, 6) is 2.40. The number of imidazole rings is 1. The molecule has 5 nitrogen and oxygen atoms in total. The Kier molecular flexibility index (Phi) is 2.60. The summed E-state index contributed by atoms with van der Waals surface area (Å²) < 4.78 is 13.1. The van der Waals surface area contributed by atoms with Gasteiger partial charge >= 0.3 is 0 Å². The zero-order valence-corrected chi connectivity index (χ0v) is 11.9. The minimum atomic E-state index is 0.245. The zero-order chi connectivity index (χ0) is 14.4. The van der Waals surface area contributed by atoms with Gasteiger partial charge in [-0.2, -0.15) is 0 Å². The number of ether oxygens (including phenoxy) is 1. The average Bonchev–Trinajstić information content (AvgIpc) is 3.14. The molecule has 0 aliphatic carbocycles. The Balaban J connectivity index is 1.79. The highest BCUT2D eigenvalue weighted by Crippen LogP contribution is 2.31. The lowest BCUT2D eigenvalue weighted by Gasteiger charge is -2.07. The molecule has 0 amide bonds. The van der Waals surface area contributed by atoms with Crippen LogP contribution in [0.3, 0.4) is 0 Å². The van der Waals surface area contributed by atoms with Crippen molar-refractivity contribution in [3.63, 3.8) is 0 Å². The molecule has 1 atom stereocenters. The van der Waals surface area contributed by atoms with Crippen molar-refractivity contribution < 1.29 is 9.26 Å². The van der Waals surface area contributed by atoms with Crippen LogP contribution in [0.2, 0.25) is 0 Å². The van der Waals surface area contributed by atoms with Gasteiger partial charge in [-0.3, -0.25) is 4.57 Å². The lowest BCUT2D eigenvalue weighted by molar-refractivity contribution is 0.254. The van der Waals surface area contributed by atoms with Gasteiger partial charge in [0.2, 0.25) is 5.76 Å². The Morgan fingerprint density at radius 1 is 1.29 bits per heavy atom. The van der Waals surface area contributed by atoms with E-state index in [0.29, 0.717) is 5.76 Å². The monoisotopic (exact) mass is 281 g/mol. The van der Waals surface area contributed by atoms with Crippen LogP contribution in [0.5, 0.6) is 5.75 Å². The zero-order valence-electron chi connectivity index (χ0n) is 11.9. The van der Waals surface area contributed by atoms with Crippen LogP contribution in [0, 0.1) is 6.92 Å². The molecule has 21 heavy (non-hydrogen) atoms. The summed E-state index contributed by atoms with van der Waals surface area (Å²) in [6.07, 6.45) is 4.87. The van der Waals surface area contributed by atoms with Crippen LogP contribution in [0.15, 0.2) is 41.2 Å². The molecule has 1 unspecified atom stereocenters. The normalized spacial score (nSPS) is 16.8. The second-order valence-corrected chi connectivity index (χ2v) is 5.38. The Bertz CT molecular complexity index is 803. The molecule has 0 N–H and O–H groups in total. The molecule has 106 valence electrons. The van der Waals surface area contributed by atoms with Crippen LogP contribution in [0.1, 0.15) is 18.2 Å². The van der Waals surface area contributed by atoms with E-state index in [9.17, 15) is 0 Å². The number of aromatic nitrogens is 3. The van der Waals surface area contributed by atoms with Gasteiger partial charge in [-0.1, -0.05) is 5.16 Å². The molecule has 0 spiro atoms. The number of fused-ring (bicyclic) bond motifs is 1. The summed E-state index contributed by atoms with van der Waals surface area (Å²) in [5, 5.41) is 3.93. The summed E-state index contributed by atoms with van der Waals surface area (Å²) in [4.78, 5) is 4.38. The Labute approximate surface area is 122 Å². The van der Waals surface area contributed by atoms with E-state index in [-0.39, 0.29) is 6.10 Å². The Morgan fingerprint density at radius 2 is 2.19 bits per heavy atom. The predicted octanol–water partition coefficient (Wildman–Crippen LogP) is 3.16. The van der Waals surface area contributed by atoms with Crippen molar-refractivity contribution in [3.05, 3.63) is 47.9 Å². The summed E-state index contributed by atoms with van der Waals surface area (Å²) >= 11 is 0. The molecule has 4 rings (SSSR count). The van der Waals surface area contributed by atoms with Gasteiger partial charge in [0.1, 0.15) is 11.9 Å². The second-order valence-electron chi connectivity index (χ2n) is 5.38. The van der Waals surface area contributed by atoms with Crippen molar-refractivity contribution in [1.82, 2.24) is 14.7 Å². The van der Waals surface area contributed by atoms with Gasteiger partial charge in [0.15, 0.2) is 5.82 Å². The lowest BCUT2D eigenvalue weighted by Crippen LogP contribution is -2.05. The largest absolute Gasteiger partial charge is 0.490 e. The molecule has 0 bridgehead atoms. The van der Waals surface area contributed by atoms with Crippen molar-refractivity contribution in [2.75, 3.05) is 0 Å². The fraction of sp³-hybridized carbons (Fsp3) is 0.250. The summed E-state index contributed by atoms with van der Waals surface area (Å²) in [5.41, 5.74) is 3.12. The van der Waals surface area contributed by atoms with E-state index in [1.807, 2.05) is 35.9 Å². The first-order valence-corrected chi connectivity index (χ1v) is 6.98. The quantitative estimate of drug-likeness (QED) is 0.724. The highest BCUT2D eigenvalue weighted by molar-refractivity contribution is 5.55. The maximum atomic E-state index is 5.74. The third kappa shape index (κ3) is 2.01. The van der Waals surface area contributed by atoms with E-state index in [1.54, 1.807) is 6.20 Å². The van der Waals surface area contributed by atoms with Gasteiger partial charge in [0.05, 0.1) is 5.69 Å². The van der Waals surface area contributed by atoms with E-state index in [2.05, 4.69) is 23.1 Å². The van der Waals surface area contributed by atoms with Crippen LogP contribution >= 0.6 is 0 Å². The van der Waals surface area contributed by atoms with Crippen molar-refractivity contribution in [2.45, 2.75) is 26.4 Å². The maximum Gasteiger partial charge on any atom is 0.202 e. The first-order valence-electron chi connectivity index (χ1n) is 6.98. The molecular formula is C16H15N3O2. The summed E-state index contributed by atoms with van der Waals surface area (Å²) in [7, 11) is 0. The van der Waals surface area contributed by atoms with Crippen molar-refractivity contribution in [2.24, 2.45) is 0 Å². The Hall–Kier alpha value is -2.56. The van der Waals surface area contributed by atoms with Gasteiger partial charge in [-0.05, 0) is 37.6 Å². The molecular weight excluding hydrogens is 266 g/mol. The Morgan fingerprint density at radius 3 is 3.00 bits per heavy atom. The van der Waals surface area contributed by atoms with Crippen LogP contribution in [0.4, 0.5) is 0 Å². The standard InChI is InChI=1S/C16H15N3O2/c1-10-7-15(21-18-10)16-17-5-6-19(16)13-3-4-14-12(9-13)8-11(2)20-14/h3-7,9,11H,8H2,1-2H3. The first-order chi connectivity index (χ1) is 10.2. The molecule has 0 saturated carbocycles. The van der Waals surface area contributed by atoms with Crippen LogP contribution < -0.4 is 4.74 Å². The summed E-state index contributed by atoms with van der Waals surface area (Å²) in [6.45, 7) is 3.98. The third-order valence-electron chi connectivity index (χ3n) is 3.65. The fourth-order valence-corrected chi connectivity index (χ4v) is 2.72. The first kappa shape index (κ1) is 12.2. The number of nitrogens with zero attached hydrogens (tertiary/aromatic N) is 3. The number of rotatable bonds is 2. The minimum absolute atomic E-state index is 0.245. The second kappa shape index (κ2) is 4.48. The van der Waals surface area contributed by atoms with E-state index in [0.717, 1.165) is 29.4 Å². The molecule has 3 heterocycles. The minimum Gasteiger partial charge on any atom is -0.490 e. The van der Waals surface area contributed by atoms with Crippen LogP contribution in [0.25, 0.3) is 17.3 Å². The molecule has 2 aromatic heterocycles. The predicted molar refractivity (Wildman–Crippen MR) is 77.6 cm³/mol. The lowest BCUT2D eigenvalue weighted by atomic mass is 10.1. The highest BCUT2D eigenvalue weighted by Gasteiger charge is 2.20. The number of hydrogen-bond acceptors (Lipinski definition) is 4. The van der Waals surface area contributed by atoms with Crippen molar-refractivity contribution in [1.29, 1.82) is 0 Å². The molecule has 0 saturated heterocycles. The van der Waals surface area contributed by atoms with Gasteiger partial charge in [-0.15, -0.1) is 0 Å². The van der Waals surface area contributed by atoms with E-state index in [4.69, 9.17) is 9.26 Å². The van der Waals surface area contributed by atoms with E-state index >= 15 is 0 Å². The van der Waals surface area contributed by atoms with Gasteiger partial charge in [-0.25, -0.2) is 4.98 Å². The van der Waals surface area contributed by atoms with Gasteiger partial charge < -0.3 is 9.26 Å². The maximum absolute atomic E-state index is 5.74. The molecule has 5 heteroatoms. The van der Waals surface area contributed by atoms with Gasteiger partial charge in [0, 0.05) is 30.6 Å². The third-order valence-corrected chi connectivity index (χ3v) is 3.65. The SMILES string of the molecule is Cc1cc(-c2nccn2-c2ccc3c(c2)CC(C)O3)on1. The van der Waals surface area contributed by atoms with Crippen molar-refractivity contribution >= 4 is 0 Å². The van der Waals surface area contributed by atoms with Gasteiger partial charge in [0.25, 0.3) is 0 Å². The molecule has 1 aliphatic rings. The van der Waals surface area contributed by atoms with Crippen LogP contribution in [-0.2, 0) is 6.42 Å². The van der Waals surface area contributed by atoms with E-state index in [1.165, 1.54) is 5.56 Å². The smallest absolute Gasteiger partial charge is 0.202 e. The summed E-state index contributed by atoms with van der Waals surface area (Å²) in [6, 6.07) is 8.08. The fourth-order valence-electron chi connectivity index (χ4n) is 2.72. The molecule has 1 aromatic carbocycles. The highest BCUT2D eigenvalue weighted by atomic mass is 16.5. The number of aryl methyl sites for hydroxylation is 1. The molecule has 1 aliphatic heterocycles. The number of hydrogen-bond donors (Lipinski definition) is 0. The molecule has 0 fully saturated rings.